The van der Waals surface area contributed by atoms with Gasteiger partial charge in [-0.2, -0.15) is 0 Å². The van der Waals surface area contributed by atoms with Crippen molar-refractivity contribution in [3.05, 3.63) is 12.2 Å². The van der Waals surface area contributed by atoms with Crippen LogP contribution in [0.25, 0.3) is 0 Å². The Kier molecular flexibility index (Phi) is 4.75. The second kappa shape index (κ2) is 5.88. The van der Waals surface area contributed by atoms with Crippen LogP contribution in [0.4, 0.5) is 0 Å². The van der Waals surface area contributed by atoms with Gasteiger partial charge >= 0.3 is 0 Å². The third-order valence-electron chi connectivity index (χ3n) is 3.52. The monoisotopic (exact) mass is 280 g/mol. The van der Waals surface area contributed by atoms with E-state index >= 15 is 0 Å². The summed E-state index contributed by atoms with van der Waals surface area (Å²) >= 11 is 12.7. The molecule has 2 heterocycles. The first-order valence-electron chi connectivity index (χ1n) is 6.02. The highest BCUT2D eigenvalue weighted by Gasteiger charge is 2.40. The Morgan fingerprint density at radius 2 is 1.31 bits per heavy atom. The highest BCUT2D eigenvalue weighted by Crippen LogP contribution is 2.35. The van der Waals surface area contributed by atoms with Crippen LogP contribution in [0.5, 0.6) is 0 Å². The molecule has 16 heavy (non-hydrogen) atoms. The van der Waals surface area contributed by atoms with Crippen molar-refractivity contribution in [2.45, 2.75) is 59.8 Å². The van der Waals surface area contributed by atoms with E-state index in [0.717, 1.165) is 38.5 Å². The van der Waals surface area contributed by atoms with Crippen LogP contribution in [0.3, 0.4) is 0 Å². The van der Waals surface area contributed by atoms with Crippen LogP contribution in [0, 0.1) is 0 Å². The summed E-state index contributed by atoms with van der Waals surface area (Å²) in [6.07, 6.45) is 10.2. The normalized spacial score (nSPS) is 47.2. The van der Waals surface area contributed by atoms with Gasteiger partial charge in [0.2, 0.25) is 0 Å². The summed E-state index contributed by atoms with van der Waals surface area (Å²) in [5.74, 6) is 0. The van der Waals surface area contributed by atoms with Crippen LogP contribution < -0.4 is 0 Å². The van der Waals surface area contributed by atoms with E-state index in [0.29, 0.717) is 0 Å². The molecule has 0 spiro atoms. The number of halogens is 2. The molecular formula is C12H18Cl2OS. The average molecular weight is 281 g/mol. The predicted octanol–water partition coefficient (Wildman–Crippen LogP) is 3.61. The quantitative estimate of drug-likeness (QED) is 0.489. The van der Waals surface area contributed by atoms with Crippen molar-refractivity contribution in [3.8, 4) is 0 Å². The van der Waals surface area contributed by atoms with E-state index in [2.05, 4.69) is 12.2 Å². The molecule has 2 aliphatic rings. The Bertz CT molecular complexity index is 267. The highest BCUT2D eigenvalue weighted by atomic mass is 35.5. The minimum absolute atomic E-state index is 0.0532. The Morgan fingerprint density at radius 3 is 1.75 bits per heavy atom. The molecule has 0 radical (unpaired) electrons. The summed E-state index contributed by atoms with van der Waals surface area (Å²) < 4.78 is 12.3. The Balaban J connectivity index is 2.12. The van der Waals surface area contributed by atoms with Crippen LogP contribution in [-0.4, -0.2) is 25.5 Å². The molecule has 0 aliphatic carbocycles. The van der Waals surface area contributed by atoms with Crippen LogP contribution in [0.1, 0.15) is 38.5 Å². The molecular weight excluding hydrogens is 263 g/mol. The molecule has 2 bridgehead atoms. The third-order valence-corrected chi connectivity index (χ3v) is 7.19. The zero-order valence-corrected chi connectivity index (χ0v) is 11.6. The molecule has 2 rings (SSSR count). The maximum Gasteiger partial charge on any atom is 0.0515 e. The van der Waals surface area contributed by atoms with Crippen molar-refractivity contribution in [1.82, 2.24) is 0 Å². The minimum atomic E-state index is -0.825. The standard InChI is InChI=1S/C12H18Cl2OS/c13-9-5-3-1-2-4-6-10(14)12-8-7-11(9)16(12)15/h1-2,9-12H,3-8H2/b2-1-/t9-,10+,11?,12?,16?. The van der Waals surface area contributed by atoms with Gasteiger partial charge in [0.1, 0.15) is 0 Å². The lowest BCUT2D eigenvalue weighted by atomic mass is 10.0. The number of rotatable bonds is 0. The topological polar surface area (TPSA) is 17.1 Å². The maximum atomic E-state index is 12.3. The lowest BCUT2D eigenvalue weighted by Gasteiger charge is -2.18. The molecule has 92 valence electrons. The first kappa shape index (κ1) is 12.9. The molecule has 2 aliphatic heterocycles. The van der Waals surface area contributed by atoms with Gasteiger partial charge in [0.15, 0.2) is 0 Å². The molecule has 0 amide bonds. The molecule has 0 aromatic carbocycles. The number of alkyl halides is 2. The predicted molar refractivity (Wildman–Crippen MR) is 71.8 cm³/mol. The lowest BCUT2D eigenvalue weighted by Crippen LogP contribution is -2.29. The van der Waals surface area contributed by atoms with E-state index in [1.54, 1.807) is 0 Å². The number of fused-ring (bicyclic) bond motifs is 2. The van der Waals surface area contributed by atoms with E-state index in [1.807, 2.05) is 0 Å². The zero-order valence-electron chi connectivity index (χ0n) is 9.28. The lowest BCUT2D eigenvalue weighted by molar-refractivity contribution is 0.632. The van der Waals surface area contributed by atoms with Crippen LogP contribution >= 0.6 is 23.2 Å². The van der Waals surface area contributed by atoms with Crippen molar-refractivity contribution >= 4 is 34.0 Å². The van der Waals surface area contributed by atoms with Crippen molar-refractivity contribution in [1.29, 1.82) is 0 Å². The third kappa shape index (κ3) is 2.83. The van der Waals surface area contributed by atoms with E-state index in [-0.39, 0.29) is 21.3 Å². The largest absolute Gasteiger partial charge is 0.259 e. The van der Waals surface area contributed by atoms with Gasteiger partial charge in [-0.25, -0.2) is 0 Å². The molecule has 0 N–H and O–H groups in total. The van der Waals surface area contributed by atoms with Gasteiger partial charge in [-0.3, -0.25) is 4.21 Å². The molecule has 0 aromatic heterocycles. The van der Waals surface area contributed by atoms with Gasteiger partial charge in [-0.05, 0) is 38.5 Å². The van der Waals surface area contributed by atoms with Gasteiger partial charge in [-0.1, -0.05) is 12.2 Å². The van der Waals surface area contributed by atoms with E-state index < -0.39 is 10.8 Å². The average Bonchev–Trinajstić information content (AvgIpc) is 2.62. The van der Waals surface area contributed by atoms with Crippen molar-refractivity contribution in [2.75, 3.05) is 0 Å². The highest BCUT2D eigenvalue weighted by molar-refractivity contribution is 7.86. The Labute approximate surface area is 110 Å². The van der Waals surface area contributed by atoms with Crippen LogP contribution in [0.15, 0.2) is 12.2 Å². The molecule has 1 nitrogen and oxygen atoms in total. The molecule has 3 unspecified atom stereocenters. The second-order valence-electron chi connectivity index (χ2n) is 4.64. The fraction of sp³-hybridized carbons (Fsp3) is 0.833. The molecule has 0 aromatic rings. The smallest absolute Gasteiger partial charge is 0.0515 e. The summed E-state index contributed by atoms with van der Waals surface area (Å²) in [4.78, 5) is 0. The fourth-order valence-electron chi connectivity index (χ4n) is 2.56. The van der Waals surface area contributed by atoms with Crippen molar-refractivity contribution in [3.63, 3.8) is 0 Å². The molecule has 1 fully saturated rings. The first-order valence-corrected chi connectivity index (χ1v) is 8.17. The van der Waals surface area contributed by atoms with Gasteiger partial charge < -0.3 is 0 Å². The van der Waals surface area contributed by atoms with E-state index in [1.165, 1.54) is 0 Å². The molecule has 0 saturated carbocycles. The van der Waals surface area contributed by atoms with Crippen LogP contribution in [0.2, 0.25) is 0 Å². The van der Waals surface area contributed by atoms with Gasteiger partial charge in [0.25, 0.3) is 0 Å². The van der Waals surface area contributed by atoms with E-state index in [9.17, 15) is 4.21 Å². The number of hydrogen-bond acceptors (Lipinski definition) is 1. The Morgan fingerprint density at radius 1 is 0.875 bits per heavy atom. The molecule has 5 atom stereocenters. The summed E-state index contributed by atoms with van der Waals surface area (Å²) in [6.45, 7) is 0. The molecule has 1 saturated heterocycles. The van der Waals surface area contributed by atoms with Gasteiger partial charge in [0, 0.05) is 21.6 Å². The summed E-state index contributed by atoms with van der Waals surface area (Å²) in [6, 6.07) is 0. The number of hydrogen-bond donors (Lipinski definition) is 0. The Hall–Kier alpha value is 0.470. The first-order chi connectivity index (χ1) is 7.70. The summed E-state index contributed by atoms with van der Waals surface area (Å²) in [5, 5.41) is 0.439. The SMILES string of the molecule is O=S1C2CCC1[C@@H](Cl)CC/C=C\CC[C@H]2Cl. The van der Waals surface area contributed by atoms with Gasteiger partial charge in [0.05, 0.1) is 10.5 Å². The zero-order chi connectivity index (χ0) is 11.5. The second-order valence-corrected chi connectivity index (χ2v) is 7.63. The van der Waals surface area contributed by atoms with E-state index in [4.69, 9.17) is 23.2 Å². The minimum Gasteiger partial charge on any atom is -0.259 e. The van der Waals surface area contributed by atoms with Gasteiger partial charge in [-0.15, -0.1) is 23.2 Å². The maximum absolute atomic E-state index is 12.3. The summed E-state index contributed by atoms with van der Waals surface area (Å²) in [7, 11) is -0.825. The van der Waals surface area contributed by atoms with Crippen molar-refractivity contribution in [2.24, 2.45) is 0 Å². The number of allylic oxidation sites excluding steroid dienone is 2. The fourth-order valence-corrected chi connectivity index (χ4v) is 5.71. The summed E-state index contributed by atoms with van der Waals surface area (Å²) in [5.41, 5.74) is 0. The van der Waals surface area contributed by atoms with Crippen molar-refractivity contribution < 1.29 is 4.21 Å². The molecule has 4 heteroatoms. The van der Waals surface area contributed by atoms with Crippen LogP contribution in [-0.2, 0) is 10.8 Å².